The Kier molecular flexibility index (Phi) is 4.61. The van der Waals surface area contributed by atoms with Crippen LogP contribution in [0.5, 0.6) is 0 Å². The van der Waals surface area contributed by atoms with Crippen molar-refractivity contribution >= 4 is 50.1 Å². The van der Waals surface area contributed by atoms with Crippen molar-refractivity contribution in [1.82, 2.24) is 0 Å². The minimum atomic E-state index is -0.939. The van der Waals surface area contributed by atoms with Gasteiger partial charge in [0.1, 0.15) is 0 Å². The summed E-state index contributed by atoms with van der Waals surface area (Å²) in [5, 5.41) is 0.203. The third-order valence-corrected chi connectivity index (χ3v) is 4.47. The first-order valence-electron chi connectivity index (χ1n) is 5.03. The molecule has 0 bridgehead atoms. The van der Waals surface area contributed by atoms with E-state index in [1.54, 1.807) is 0 Å². The maximum atomic E-state index is 13.3. The second kappa shape index (κ2) is 5.84. The lowest BCUT2D eigenvalue weighted by atomic mass is 10.0. The Bertz CT molecular complexity index is 589. The molecular formula is C13H7BrClF2I. The normalized spacial score (nSPS) is 12.5. The first-order chi connectivity index (χ1) is 8.49. The van der Waals surface area contributed by atoms with Crippen molar-refractivity contribution in [3.8, 4) is 0 Å². The summed E-state index contributed by atoms with van der Waals surface area (Å²) in [6, 6.07) is 9.83. The Morgan fingerprint density at radius 3 is 2.44 bits per heavy atom. The number of benzene rings is 2. The average Bonchev–Trinajstić information content (AvgIpc) is 2.33. The summed E-state index contributed by atoms with van der Waals surface area (Å²) in [4.78, 5) is -0.269. The van der Waals surface area contributed by atoms with Crippen LogP contribution >= 0.6 is 50.1 Å². The molecule has 0 heterocycles. The van der Waals surface area contributed by atoms with E-state index in [-0.39, 0.29) is 9.85 Å². The minimum absolute atomic E-state index is 0.203. The van der Waals surface area contributed by atoms with Crippen LogP contribution in [0.3, 0.4) is 0 Å². The van der Waals surface area contributed by atoms with Crippen LogP contribution in [0, 0.1) is 15.2 Å². The topological polar surface area (TPSA) is 0 Å². The molecule has 2 aromatic rings. The number of hydrogen-bond donors (Lipinski definition) is 0. The number of hydrogen-bond acceptors (Lipinski definition) is 0. The Balaban J connectivity index is 2.46. The zero-order valence-corrected chi connectivity index (χ0v) is 13.4. The van der Waals surface area contributed by atoms with Gasteiger partial charge in [-0.25, -0.2) is 8.78 Å². The van der Waals surface area contributed by atoms with Gasteiger partial charge in [0.15, 0.2) is 11.6 Å². The third-order valence-electron chi connectivity index (χ3n) is 2.45. The molecule has 0 spiro atoms. The zero-order valence-electron chi connectivity index (χ0n) is 8.93. The SMILES string of the molecule is Fc1cc(Cl)c(C(Br)c2cccc(I)c2)cc1F. The Labute approximate surface area is 131 Å². The second-order valence-corrected chi connectivity index (χ2v) is 6.27. The van der Waals surface area contributed by atoms with Crippen LogP contribution in [-0.2, 0) is 0 Å². The molecule has 2 rings (SSSR count). The van der Waals surface area contributed by atoms with E-state index in [0.29, 0.717) is 5.56 Å². The van der Waals surface area contributed by atoms with E-state index in [4.69, 9.17) is 11.6 Å². The lowest BCUT2D eigenvalue weighted by Gasteiger charge is -2.13. The summed E-state index contributed by atoms with van der Waals surface area (Å²) in [5.74, 6) is -1.84. The van der Waals surface area contributed by atoms with E-state index in [0.717, 1.165) is 21.3 Å². The van der Waals surface area contributed by atoms with Crippen LogP contribution in [0.15, 0.2) is 36.4 Å². The van der Waals surface area contributed by atoms with Crippen LogP contribution in [0.25, 0.3) is 0 Å². The number of rotatable bonds is 2. The van der Waals surface area contributed by atoms with Gasteiger partial charge in [-0.3, -0.25) is 0 Å². The molecule has 1 atom stereocenters. The summed E-state index contributed by atoms with van der Waals surface area (Å²) < 4.78 is 27.3. The fourth-order valence-electron chi connectivity index (χ4n) is 1.58. The van der Waals surface area contributed by atoms with Gasteiger partial charge in [0.2, 0.25) is 0 Å². The molecule has 94 valence electrons. The Hall–Kier alpha value is -0.200. The number of halogens is 5. The summed E-state index contributed by atoms with van der Waals surface area (Å²) >= 11 is 11.6. The van der Waals surface area contributed by atoms with Crippen molar-refractivity contribution in [2.24, 2.45) is 0 Å². The molecule has 5 heteroatoms. The predicted molar refractivity (Wildman–Crippen MR) is 81.3 cm³/mol. The van der Waals surface area contributed by atoms with Gasteiger partial charge in [-0.2, -0.15) is 0 Å². The molecule has 0 radical (unpaired) electrons. The smallest absolute Gasteiger partial charge is 0.160 e. The molecule has 1 unspecified atom stereocenters. The lowest BCUT2D eigenvalue weighted by Crippen LogP contribution is -1.97. The van der Waals surface area contributed by atoms with Crippen molar-refractivity contribution in [2.45, 2.75) is 4.83 Å². The van der Waals surface area contributed by atoms with Crippen LogP contribution in [0.2, 0.25) is 5.02 Å². The lowest BCUT2D eigenvalue weighted by molar-refractivity contribution is 0.507. The van der Waals surface area contributed by atoms with Gasteiger partial charge < -0.3 is 0 Å². The van der Waals surface area contributed by atoms with Gasteiger partial charge in [0.25, 0.3) is 0 Å². The van der Waals surface area contributed by atoms with Crippen molar-refractivity contribution in [1.29, 1.82) is 0 Å². The van der Waals surface area contributed by atoms with E-state index in [1.807, 2.05) is 24.3 Å². The molecule has 0 fully saturated rings. The fraction of sp³-hybridized carbons (Fsp3) is 0.0769. The van der Waals surface area contributed by atoms with Crippen molar-refractivity contribution in [3.05, 3.63) is 67.8 Å². The van der Waals surface area contributed by atoms with Gasteiger partial charge in [-0.15, -0.1) is 0 Å². The average molecular weight is 443 g/mol. The summed E-state index contributed by atoms with van der Waals surface area (Å²) in [6.07, 6.45) is 0. The van der Waals surface area contributed by atoms with E-state index >= 15 is 0 Å². The molecule has 0 aliphatic rings. The molecule has 18 heavy (non-hydrogen) atoms. The first-order valence-corrected chi connectivity index (χ1v) is 7.40. The maximum absolute atomic E-state index is 13.3. The summed E-state index contributed by atoms with van der Waals surface area (Å²) in [7, 11) is 0. The predicted octanol–water partition coefficient (Wildman–Crippen LogP) is 5.71. The van der Waals surface area contributed by atoms with Gasteiger partial charge in [-0.05, 0) is 58.0 Å². The summed E-state index contributed by atoms with van der Waals surface area (Å²) in [5.41, 5.74) is 1.45. The van der Waals surface area contributed by atoms with Crippen LogP contribution in [0.1, 0.15) is 16.0 Å². The highest BCUT2D eigenvalue weighted by molar-refractivity contribution is 14.1. The molecule has 0 saturated heterocycles. The van der Waals surface area contributed by atoms with Crippen molar-refractivity contribution in [3.63, 3.8) is 0 Å². The largest absolute Gasteiger partial charge is 0.204 e. The molecule has 0 aromatic heterocycles. The second-order valence-electron chi connectivity index (χ2n) is 3.71. The van der Waals surface area contributed by atoms with Gasteiger partial charge in [0.05, 0.1) is 4.83 Å². The fourth-order valence-corrected chi connectivity index (χ4v) is 3.20. The summed E-state index contributed by atoms with van der Waals surface area (Å²) in [6.45, 7) is 0. The molecule has 0 aliphatic heterocycles. The zero-order chi connectivity index (χ0) is 13.3. The third kappa shape index (κ3) is 3.03. The van der Waals surface area contributed by atoms with E-state index in [2.05, 4.69) is 38.5 Å². The standard InChI is InChI=1S/C13H7BrClF2I/c14-13(7-2-1-3-8(18)4-7)9-5-11(16)12(17)6-10(9)15/h1-6,13H. The Morgan fingerprint density at radius 2 is 1.78 bits per heavy atom. The van der Waals surface area contributed by atoms with Crippen LogP contribution in [-0.4, -0.2) is 0 Å². The number of alkyl halides is 1. The van der Waals surface area contributed by atoms with Crippen molar-refractivity contribution in [2.75, 3.05) is 0 Å². The Morgan fingerprint density at radius 1 is 1.11 bits per heavy atom. The van der Waals surface area contributed by atoms with Crippen LogP contribution in [0.4, 0.5) is 8.78 Å². The first kappa shape index (κ1) is 14.2. The van der Waals surface area contributed by atoms with Gasteiger partial charge >= 0.3 is 0 Å². The molecular weight excluding hydrogens is 436 g/mol. The minimum Gasteiger partial charge on any atom is -0.204 e. The molecule has 0 saturated carbocycles. The van der Waals surface area contributed by atoms with E-state index in [1.165, 1.54) is 0 Å². The highest BCUT2D eigenvalue weighted by Gasteiger charge is 2.17. The molecule has 2 aromatic carbocycles. The van der Waals surface area contributed by atoms with Crippen LogP contribution < -0.4 is 0 Å². The van der Waals surface area contributed by atoms with E-state index in [9.17, 15) is 8.78 Å². The van der Waals surface area contributed by atoms with Gasteiger partial charge in [-0.1, -0.05) is 39.7 Å². The molecule has 0 N–H and O–H groups in total. The maximum Gasteiger partial charge on any atom is 0.160 e. The van der Waals surface area contributed by atoms with Gasteiger partial charge in [0, 0.05) is 8.59 Å². The van der Waals surface area contributed by atoms with E-state index < -0.39 is 11.6 Å². The monoisotopic (exact) mass is 442 g/mol. The highest BCUT2D eigenvalue weighted by Crippen LogP contribution is 2.36. The molecule has 0 aliphatic carbocycles. The van der Waals surface area contributed by atoms with Crippen molar-refractivity contribution < 1.29 is 8.78 Å². The molecule has 0 amide bonds. The quantitative estimate of drug-likeness (QED) is 0.317. The highest BCUT2D eigenvalue weighted by atomic mass is 127. The molecule has 0 nitrogen and oxygen atoms in total.